The molecule has 3 rings (SSSR count). The molecule has 0 aromatic carbocycles. The first-order chi connectivity index (χ1) is 11.1. The second kappa shape index (κ2) is 7.49. The van der Waals surface area contributed by atoms with E-state index in [1.807, 2.05) is 0 Å². The van der Waals surface area contributed by atoms with E-state index in [4.69, 9.17) is 4.74 Å². The highest BCUT2D eigenvalue weighted by Gasteiger charge is 2.37. The third-order valence-electron chi connectivity index (χ3n) is 5.32. The maximum absolute atomic E-state index is 12.3. The molecule has 0 aromatic heterocycles. The van der Waals surface area contributed by atoms with Gasteiger partial charge in [0.25, 0.3) is 0 Å². The molecule has 0 spiro atoms. The van der Waals surface area contributed by atoms with Crippen LogP contribution in [0.4, 0.5) is 9.59 Å². The van der Waals surface area contributed by atoms with Gasteiger partial charge in [0.15, 0.2) is 6.29 Å². The van der Waals surface area contributed by atoms with Crippen molar-refractivity contribution in [3.63, 3.8) is 0 Å². The Morgan fingerprint density at radius 3 is 2.26 bits per heavy atom. The number of nitrogens with one attached hydrogen (secondary N) is 3. The van der Waals surface area contributed by atoms with E-state index in [1.165, 1.54) is 37.0 Å². The lowest BCUT2D eigenvalue weighted by molar-refractivity contribution is 0.0488. The van der Waals surface area contributed by atoms with Gasteiger partial charge in [0.1, 0.15) is 0 Å². The van der Waals surface area contributed by atoms with E-state index in [9.17, 15) is 9.59 Å². The average molecular weight is 324 g/mol. The Morgan fingerprint density at radius 1 is 1.04 bits per heavy atom. The monoisotopic (exact) mass is 324 g/mol. The van der Waals surface area contributed by atoms with Crippen LogP contribution in [0.5, 0.6) is 0 Å². The Kier molecular flexibility index (Phi) is 5.38. The van der Waals surface area contributed by atoms with Gasteiger partial charge in [-0.1, -0.05) is 19.3 Å². The predicted octanol–water partition coefficient (Wildman–Crippen LogP) is 1.74. The molecular formula is C16H28N4O3. The fourth-order valence-electron chi connectivity index (χ4n) is 3.91. The van der Waals surface area contributed by atoms with Gasteiger partial charge in [-0.2, -0.15) is 0 Å². The summed E-state index contributed by atoms with van der Waals surface area (Å²) in [5.74, 6) is 0.617. The van der Waals surface area contributed by atoms with Crippen LogP contribution >= 0.6 is 0 Å². The molecule has 0 unspecified atom stereocenters. The van der Waals surface area contributed by atoms with Crippen LogP contribution in [0.3, 0.4) is 0 Å². The van der Waals surface area contributed by atoms with E-state index >= 15 is 0 Å². The topological polar surface area (TPSA) is 82.7 Å². The summed E-state index contributed by atoms with van der Waals surface area (Å²) in [5, 5.41) is 9.09. The third-order valence-corrected chi connectivity index (χ3v) is 5.32. The van der Waals surface area contributed by atoms with Crippen molar-refractivity contribution in [3.05, 3.63) is 0 Å². The van der Waals surface area contributed by atoms with Crippen molar-refractivity contribution in [2.75, 3.05) is 13.2 Å². The van der Waals surface area contributed by atoms with Crippen molar-refractivity contribution in [1.29, 1.82) is 0 Å². The summed E-state index contributed by atoms with van der Waals surface area (Å²) in [6.07, 6.45) is 7.24. The molecule has 4 amide bonds. The Balaban J connectivity index is 1.53. The van der Waals surface area contributed by atoms with Crippen LogP contribution in [0.2, 0.25) is 0 Å². The van der Waals surface area contributed by atoms with Crippen molar-refractivity contribution in [2.45, 2.75) is 70.2 Å². The minimum Gasteiger partial charge on any atom is -0.381 e. The molecule has 0 aromatic rings. The highest BCUT2D eigenvalue weighted by molar-refractivity contribution is 5.96. The van der Waals surface area contributed by atoms with Gasteiger partial charge in [-0.25, -0.2) is 14.5 Å². The third kappa shape index (κ3) is 3.95. The van der Waals surface area contributed by atoms with Crippen molar-refractivity contribution in [2.24, 2.45) is 5.92 Å². The first-order valence-corrected chi connectivity index (χ1v) is 8.89. The number of nitrogens with zero attached hydrogens (tertiary/aromatic N) is 1. The van der Waals surface area contributed by atoms with Gasteiger partial charge in [-0.15, -0.1) is 0 Å². The Hall–Kier alpha value is -1.34. The molecule has 3 fully saturated rings. The molecule has 1 atom stereocenters. The van der Waals surface area contributed by atoms with Crippen LogP contribution in [-0.4, -0.2) is 48.5 Å². The summed E-state index contributed by atoms with van der Waals surface area (Å²) in [7, 11) is 0. The Labute approximate surface area is 137 Å². The minimum atomic E-state index is -0.483. The molecule has 130 valence electrons. The van der Waals surface area contributed by atoms with Gasteiger partial charge < -0.3 is 15.4 Å². The van der Waals surface area contributed by atoms with E-state index in [2.05, 4.69) is 22.9 Å². The molecular weight excluding hydrogens is 296 g/mol. The average Bonchev–Trinajstić information content (AvgIpc) is 2.56. The van der Waals surface area contributed by atoms with E-state index < -0.39 is 6.29 Å². The van der Waals surface area contributed by atoms with E-state index in [-0.39, 0.29) is 24.1 Å². The lowest BCUT2D eigenvalue weighted by Gasteiger charge is -2.40. The molecule has 2 saturated heterocycles. The number of imide groups is 1. The first kappa shape index (κ1) is 16.5. The molecule has 7 nitrogen and oxygen atoms in total. The highest BCUT2D eigenvalue weighted by atomic mass is 16.5. The zero-order valence-electron chi connectivity index (χ0n) is 13.8. The molecule has 3 N–H and O–H groups in total. The highest BCUT2D eigenvalue weighted by Crippen LogP contribution is 2.26. The van der Waals surface area contributed by atoms with Gasteiger partial charge in [0.05, 0.1) is 0 Å². The summed E-state index contributed by atoms with van der Waals surface area (Å²) in [6.45, 7) is 3.34. The van der Waals surface area contributed by atoms with Gasteiger partial charge in [0, 0.05) is 25.3 Å². The van der Waals surface area contributed by atoms with Crippen LogP contribution < -0.4 is 16.0 Å². The molecule has 7 heteroatoms. The van der Waals surface area contributed by atoms with Crippen molar-refractivity contribution < 1.29 is 14.3 Å². The van der Waals surface area contributed by atoms with Crippen LogP contribution in [-0.2, 0) is 4.74 Å². The van der Waals surface area contributed by atoms with Gasteiger partial charge in [-0.3, -0.25) is 5.32 Å². The Bertz CT molecular complexity index is 415. The lowest BCUT2D eigenvalue weighted by atomic mass is 9.84. The quantitative estimate of drug-likeness (QED) is 0.736. The summed E-state index contributed by atoms with van der Waals surface area (Å²) in [4.78, 5) is 26.0. The maximum Gasteiger partial charge on any atom is 0.328 e. The zero-order chi connectivity index (χ0) is 16.2. The second-order valence-corrected chi connectivity index (χ2v) is 6.90. The summed E-state index contributed by atoms with van der Waals surface area (Å²) < 4.78 is 5.30. The molecule has 1 aliphatic carbocycles. The predicted molar refractivity (Wildman–Crippen MR) is 85.7 cm³/mol. The standard InChI is InChI=1S/C16H28N4O3/c1-11(12-5-3-2-4-6-12)17-14-18-15(21)20(16(22)19-14)13-7-9-23-10-8-13/h11-14,17H,2-10H2,1H3,(H,18,21)(H,19,22)/t11-/m0/s1. The van der Waals surface area contributed by atoms with E-state index in [0.717, 1.165) is 0 Å². The largest absolute Gasteiger partial charge is 0.381 e. The van der Waals surface area contributed by atoms with E-state index in [0.29, 0.717) is 32.0 Å². The van der Waals surface area contributed by atoms with E-state index in [1.54, 1.807) is 0 Å². The number of hydrogen-bond acceptors (Lipinski definition) is 4. The minimum absolute atomic E-state index is 0.0690. The van der Waals surface area contributed by atoms with Crippen molar-refractivity contribution in [1.82, 2.24) is 20.9 Å². The SMILES string of the molecule is C[C@H](NC1NC(=O)N(C2CCOCC2)C(=O)N1)C1CCCCC1. The fraction of sp³-hybridized carbons (Fsp3) is 0.875. The summed E-state index contributed by atoms with van der Waals surface area (Å²) in [5.41, 5.74) is 0. The zero-order valence-corrected chi connectivity index (χ0v) is 13.8. The van der Waals surface area contributed by atoms with Crippen LogP contribution in [0, 0.1) is 5.92 Å². The molecule has 2 aliphatic heterocycles. The number of rotatable bonds is 4. The molecule has 0 radical (unpaired) electrons. The number of amides is 4. The van der Waals surface area contributed by atoms with Crippen LogP contribution in [0.1, 0.15) is 51.9 Å². The lowest BCUT2D eigenvalue weighted by Crippen LogP contribution is -2.71. The molecule has 0 bridgehead atoms. The Morgan fingerprint density at radius 2 is 1.65 bits per heavy atom. The summed E-state index contributed by atoms with van der Waals surface area (Å²) in [6, 6.07) is -0.418. The number of urea groups is 2. The second-order valence-electron chi connectivity index (χ2n) is 6.90. The number of hydrogen-bond donors (Lipinski definition) is 3. The van der Waals surface area contributed by atoms with Crippen LogP contribution in [0.15, 0.2) is 0 Å². The molecule has 23 heavy (non-hydrogen) atoms. The number of carbonyl (C=O) groups excluding carboxylic acids is 2. The van der Waals surface area contributed by atoms with Crippen LogP contribution in [0.25, 0.3) is 0 Å². The maximum atomic E-state index is 12.3. The summed E-state index contributed by atoms with van der Waals surface area (Å²) >= 11 is 0. The molecule has 2 heterocycles. The van der Waals surface area contributed by atoms with Gasteiger partial charge in [0.2, 0.25) is 0 Å². The molecule has 1 saturated carbocycles. The fourth-order valence-corrected chi connectivity index (χ4v) is 3.91. The van der Waals surface area contributed by atoms with Gasteiger partial charge in [-0.05, 0) is 38.5 Å². The smallest absolute Gasteiger partial charge is 0.328 e. The first-order valence-electron chi connectivity index (χ1n) is 8.89. The normalized spacial score (nSPS) is 26.7. The molecule has 3 aliphatic rings. The number of carbonyl (C=O) groups is 2. The van der Waals surface area contributed by atoms with Crippen molar-refractivity contribution in [3.8, 4) is 0 Å². The van der Waals surface area contributed by atoms with Crippen molar-refractivity contribution >= 4 is 12.1 Å². The number of ether oxygens (including phenoxy) is 1. The van der Waals surface area contributed by atoms with Gasteiger partial charge >= 0.3 is 12.1 Å².